The highest BCUT2D eigenvalue weighted by atomic mass is 16.4. The zero-order chi connectivity index (χ0) is 92.5. The molecule has 0 saturated heterocycles. The van der Waals surface area contributed by atoms with Crippen LogP contribution >= 0.6 is 0 Å². The number of hydrogen-bond donors (Lipinski definition) is 27. The van der Waals surface area contributed by atoms with E-state index in [9.17, 15) is 116 Å². The van der Waals surface area contributed by atoms with Crippen molar-refractivity contribution in [1.29, 1.82) is 5.41 Å². The smallest absolute Gasteiger partial charge is 0.326 e. The summed E-state index contributed by atoms with van der Waals surface area (Å²) in [5.41, 5.74) is 17.1. The van der Waals surface area contributed by atoms with E-state index in [-0.39, 0.29) is 56.2 Å². The number of aliphatic hydroxyl groups is 1. The average molecular weight is 1730 g/mol. The van der Waals surface area contributed by atoms with Gasteiger partial charge in [0.1, 0.15) is 90.6 Å². The SMILES string of the molecule is CC[C@H](C)[C@H](N)C(=O)N[C@@H](CO)C(=O)N[C@@H](CCC(N)=O)C(=O)N[C@@H](C)C(=O)N[C@H](C(=O)N[C@@H](Cc1cnc[nH]1)C(=O)N[C@@H](C)C(=O)N[C@@H](C)C(=O)N[C@@H](Cc1cnc[nH]1)C(=O)N[C@@H](C)C(=O)N[C@@H](CCC(=O)O)C(=O)N[C@H](C(=O)N[C@@H](C)C(=O)N[C@@H](CCC(=O)O)C(=O)N[C@@H](C)C(=O)NCC(=O)N[C@@H](CCCNC(=N)N)C(=O)O)[C@@H](C)CC)C(C)C. The number of carbonyl (C=O) groups excluding carboxylic acids is 17. The quantitative estimate of drug-likeness (QED) is 0.0166. The van der Waals surface area contributed by atoms with Gasteiger partial charge in [0, 0.05) is 62.4 Å². The first-order valence-corrected chi connectivity index (χ1v) is 39.3. The fraction of sp³-hybridized carbons (Fsp3) is 0.630. The summed E-state index contributed by atoms with van der Waals surface area (Å²) in [7, 11) is 0. The van der Waals surface area contributed by atoms with Gasteiger partial charge in [-0.15, -0.1) is 0 Å². The monoisotopic (exact) mass is 1730 g/mol. The molecule has 0 aliphatic rings. The van der Waals surface area contributed by atoms with Gasteiger partial charge in [-0.2, -0.15) is 0 Å². The normalized spacial score (nSPS) is 15.5. The molecule has 49 nitrogen and oxygen atoms in total. The molecule has 0 aliphatic heterocycles. The number of guanidine groups is 1. The van der Waals surface area contributed by atoms with E-state index in [1.807, 2.05) is 0 Å². The lowest BCUT2D eigenvalue weighted by Crippen LogP contribution is -2.61. The summed E-state index contributed by atoms with van der Waals surface area (Å²) in [5.74, 6) is -23.1. The van der Waals surface area contributed by atoms with E-state index in [4.69, 9.17) is 22.6 Å². The van der Waals surface area contributed by atoms with Crippen molar-refractivity contribution >= 4 is 124 Å². The summed E-state index contributed by atoms with van der Waals surface area (Å²) < 4.78 is 0. The third kappa shape index (κ3) is 38.0. The van der Waals surface area contributed by atoms with Crippen LogP contribution in [0, 0.1) is 23.2 Å². The second kappa shape index (κ2) is 52.8. The molecule has 0 bridgehead atoms. The molecule has 2 rings (SSSR count). The molecule has 0 saturated carbocycles. The molecule has 122 heavy (non-hydrogen) atoms. The molecule has 2 aromatic rings. The Morgan fingerprint density at radius 2 is 0.738 bits per heavy atom. The number of primary amides is 1. The van der Waals surface area contributed by atoms with Gasteiger partial charge in [0.2, 0.25) is 100 Å². The van der Waals surface area contributed by atoms with E-state index in [1.54, 1.807) is 34.6 Å². The number of H-pyrrole nitrogens is 2. The lowest BCUT2D eigenvalue weighted by molar-refractivity contribution is -0.142. The summed E-state index contributed by atoms with van der Waals surface area (Å²) in [6.07, 6.45) is 1.96. The molecule has 0 unspecified atom stereocenters. The molecule has 0 aromatic carbocycles. The van der Waals surface area contributed by atoms with E-state index in [0.29, 0.717) is 12.1 Å². The maximum Gasteiger partial charge on any atom is 0.326 e. The largest absolute Gasteiger partial charge is 0.481 e. The summed E-state index contributed by atoms with van der Waals surface area (Å²) in [5, 5.41) is 86.5. The molecule has 2 aromatic heterocycles. The van der Waals surface area contributed by atoms with Gasteiger partial charge in [0.15, 0.2) is 5.96 Å². The van der Waals surface area contributed by atoms with Crippen LogP contribution in [0.25, 0.3) is 0 Å². The number of aliphatic hydroxyl groups excluding tert-OH is 1. The van der Waals surface area contributed by atoms with Gasteiger partial charge >= 0.3 is 17.9 Å². The van der Waals surface area contributed by atoms with Gasteiger partial charge in [-0.25, -0.2) is 14.8 Å². The molecule has 17 amide bonds. The number of aromatic nitrogens is 4. The molecule has 0 aliphatic carbocycles. The number of rotatable bonds is 56. The second-order valence-corrected chi connectivity index (χ2v) is 29.5. The van der Waals surface area contributed by atoms with Crippen LogP contribution in [-0.4, -0.2) is 281 Å². The molecule has 30 N–H and O–H groups in total. The minimum Gasteiger partial charge on any atom is -0.481 e. The molecule has 0 radical (unpaired) electrons. The van der Waals surface area contributed by atoms with Crippen LogP contribution in [-0.2, 0) is 109 Å². The number of carbonyl (C=O) groups is 20. The van der Waals surface area contributed by atoms with Crippen LogP contribution in [0.5, 0.6) is 0 Å². The fourth-order valence-electron chi connectivity index (χ4n) is 11.1. The Labute approximate surface area is 701 Å². The van der Waals surface area contributed by atoms with Gasteiger partial charge in [-0.1, -0.05) is 54.4 Å². The van der Waals surface area contributed by atoms with Crippen molar-refractivity contribution in [1.82, 2.24) is 110 Å². The first-order valence-electron chi connectivity index (χ1n) is 39.3. The number of nitrogens with two attached hydrogens (primary N) is 3. The van der Waals surface area contributed by atoms with Crippen LogP contribution in [0.15, 0.2) is 25.0 Å². The number of carboxylic acid groups (broad SMARTS) is 3. The lowest BCUT2D eigenvalue weighted by atomic mass is 9.97. The van der Waals surface area contributed by atoms with E-state index in [1.165, 1.54) is 66.6 Å². The number of nitrogens with zero attached hydrogens (tertiary/aromatic N) is 2. The van der Waals surface area contributed by atoms with Gasteiger partial charge < -0.3 is 138 Å². The minimum absolute atomic E-state index is 0.0769. The number of hydrogen-bond acceptors (Lipinski definition) is 25. The highest BCUT2D eigenvalue weighted by Gasteiger charge is 2.39. The third-order valence-corrected chi connectivity index (χ3v) is 19.1. The van der Waals surface area contributed by atoms with Gasteiger partial charge in [-0.05, 0) is 91.4 Å². The Kier molecular flexibility index (Phi) is 45.5. The average Bonchev–Trinajstić information content (AvgIpc) is 1.12. The zero-order valence-corrected chi connectivity index (χ0v) is 70.0. The van der Waals surface area contributed by atoms with Crippen molar-refractivity contribution in [2.45, 2.75) is 257 Å². The second-order valence-electron chi connectivity index (χ2n) is 29.5. The molecular weight excluding hydrogens is 1610 g/mol. The van der Waals surface area contributed by atoms with Crippen molar-refractivity contribution in [3.05, 3.63) is 36.4 Å². The van der Waals surface area contributed by atoms with Crippen LogP contribution in [0.1, 0.15) is 159 Å². The highest BCUT2D eigenvalue weighted by Crippen LogP contribution is 2.14. The van der Waals surface area contributed by atoms with E-state index >= 15 is 0 Å². The summed E-state index contributed by atoms with van der Waals surface area (Å²) >= 11 is 0. The standard InChI is InChI=1S/C73H119N25O24/c1-13-33(5)54(75)69(118)96-49(29-99)68(117)93-43(17-20-50(74)100)63(112)86-40(12)62(111)97-55(32(3)4)70(119)95-48(25-42-27-79-31-83-42)67(116)87-36(8)58(107)84-37(9)61(110)94-47(24-41-26-78-30-82-41)66(115)88-38(10)59(108)92-45(19-22-53(104)105)65(114)98-56(34(6)14-2)71(120)89-39(11)60(109)91-44(18-21-52(102)103)64(113)85-35(7)57(106)81-28-51(101)90-46(72(121)122)16-15-23-80-73(76)77/h26-27,30-40,43-49,54-56,99H,13-25,28-29,75H2,1-12H3,(H2,74,100)(H,78,82)(H,79,83)(H,81,106)(H,84,107)(H,85,113)(H,86,112)(H,87,116)(H,88,115)(H,89,120)(H,90,101)(H,91,109)(H,92,108)(H,93,117)(H,94,110)(H,95,119)(H,96,118)(H,97,111)(H,98,114)(H,102,103)(H,104,105)(H,121,122)(H4,76,77,80)/t33-,34-,35-,36-,37-,38-,39-,40-,43-,44-,45-,46-,47-,48-,49-,54-,55-,56-/m0/s1. The van der Waals surface area contributed by atoms with E-state index in [0.717, 1.165) is 6.92 Å². The predicted octanol–water partition coefficient (Wildman–Crippen LogP) is -9.16. The summed E-state index contributed by atoms with van der Waals surface area (Å²) in [4.78, 5) is 279. The summed E-state index contributed by atoms with van der Waals surface area (Å²) in [6.45, 7) is 15.4. The first kappa shape index (κ1) is 105. The number of imidazole rings is 2. The van der Waals surface area contributed by atoms with Crippen molar-refractivity contribution < 1.29 is 116 Å². The Morgan fingerprint density at radius 3 is 1.13 bits per heavy atom. The molecule has 18 atom stereocenters. The van der Waals surface area contributed by atoms with Crippen molar-refractivity contribution in [2.24, 2.45) is 35.0 Å². The number of aromatic amines is 2. The fourth-order valence-corrected chi connectivity index (χ4v) is 11.1. The first-order chi connectivity index (χ1) is 57.1. The zero-order valence-electron chi connectivity index (χ0n) is 70.0. The number of nitrogens with one attached hydrogen (secondary N) is 20. The molecule has 2 heterocycles. The molecule has 0 fully saturated rings. The number of amides is 17. The molecular formula is C73H119N25O24. The van der Waals surface area contributed by atoms with Crippen LogP contribution in [0.2, 0.25) is 0 Å². The minimum atomic E-state index is -1.74. The van der Waals surface area contributed by atoms with Gasteiger partial charge in [-0.3, -0.25) is 96.5 Å². The number of aliphatic carboxylic acids is 3. The predicted molar refractivity (Wildman–Crippen MR) is 428 cm³/mol. The van der Waals surface area contributed by atoms with Crippen LogP contribution < -0.4 is 108 Å². The molecule has 680 valence electrons. The van der Waals surface area contributed by atoms with Crippen molar-refractivity contribution in [3.8, 4) is 0 Å². The highest BCUT2D eigenvalue weighted by molar-refractivity contribution is 6.01. The maximum absolute atomic E-state index is 14.2. The molecule has 49 heteroatoms. The van der Waals surface area contributed by atoms with Crippen molar-refractivity contribution in [2.75, 3.05) is 19.7 Å². The Morgan fingerprint density at radius 1 is 0.393 bits per heavy atom. The topological polar surface area (TPSA) is 786 Å². The Hall–Kier alpha value is -13.0. The van der Waals surface area contributed by atoms with Gasteiger partial charge in [0.25, 0.3) is 0 Å². The van der Waals surface area contributed by atoms with E-state index in [2.05, 4.69) is 110 Å². The van der Waals surface area contributed by atoms with Crippen LogP contribution in [0.3, 0.4) is 0 Å². The number of carboxylic acids is 3. The maximum atomic E-state index is 14.2. The van der Waals surface area contributed by atoms with E-state index < -0.39 is 279 Å². The Bertz CT molecular complexity index is 3960. The van der Waals surface area contributed by atoms with Crippen molar-refractivity contribution in [3.63, 3.8) is 0 Å². The van der Waals surface area contributed by atoms with Crippen LogP contribution in [0.4, 0.5) is 0 Å². The molecule has 0 spiro atoms. The Balaban J connectivity index is 2.25. The summed E-state index contributed by atoms with van der Waals surface area (Å²) in [6, 6.07) is -24.0. The van der Waals surface area contributed by atoms with Gasteiger partial charge in [0.05, 0.1) is 31.8 Å². The lowest BCUT2D eigenvalue weighted by Gasteiger charge is -2.28. The third-order valence-electron chi connectivity index (χ3n) is 19.1.